The number of morpholine rings is 1. The molecule has 3 aromatic rings. The van der Waals surface area contributed by atoms with Crippen molar-refractivity contribution in [1.82, 2.24) is 4.90 Å². The lowest BCUT2D eigenvalue weighted by Gasteiger charge is -2.34. The second kappa shape index (κ2) is 10.5. The third kappa shape index (κ3) is 5.11. The number of hydrogen-bond acceptors (Lipinski definition) is 7. The second-order valence-electron chi connectivity index (χ2n) is 8.32. The Balaban J connectivity index is 1.92. The number of para-hydroxylation sites is 1. The van der Waals surface area contributed by atoms with Crippen molar-refractivity contribution in [2.45, 2.75) is 12.8 Å². The molecule has 0 spiro atoms. The van der Waals surface area contributed by atoms with Crippen LogP contribution in [0.5, 0.6) is 5.75 Å². The Bertz CT molecular complexity index is 1250. The van der Waals surface area contributed by atoms with Crippen molar-refractivity contribution < 1.29 is 14.3 Å². The molecular formula is C25H29N5O4. The van der Waals surface area contributed by atoms with E-state index in [0.29, 0.717) is 36.4 Å². The summed E-state index contributed by atoms with van der Waals surface area (Å²) in [6.07, 6.45) is 0. The van der Waals surface area contributed by atoms with E-state index in [1.807, 2.05) is 37.3 Å². The molecule has 0 radical (unpaired) electrons. The van der Waals surface area contributed by atoms with Crippen molar-refractivity contribution in [3.8, 4) is 5.75 Å². The van der Waals surface area contributed by atoms with Crippen LogP contribution in [-0.4, -0.2) is 54.5 Å². The average Bonchev–Trinajstić information content (AvgIpc) is 2.85. The normalized spacial score (nSPS) is 16.8. The van der Waals surface area contributed by atoms with Crippen LogP contribution >= 0.6 is 0 Å². The van der Waals surface area contributed by atoms with E-state index >= 15 is 0 Å². The van der Waals surface area contributed by atoms with Crippen LogP contribution in [0.15, 0.2) is 74.0 Å². The summed E-state index contributed by atoms with van der Waals surface area (Å²) in [5.41, 5.74) is 12.4. The number of ether oxygens (including phenoxy) is 1. The Morgan fingerprint density at radius 3 is 2.44 bits per heavy atom. The maximum Gasteiger partial charge on any atom is 0.343 e. The molecule has 5 N–H and O–H groups in total. The van der Waals surface area contributed by atoms with E-state index in [1.165, 1.54) is 0 Å². The van der Waals surface area contributed by atoms with Crippen LogP contribution in [-0.2, 0) is 4.74 Å². The molecule has 1 saturated heterocycles. The Hall–Kier alpha value is -3.69. The van der Waals surface area contributed by atoms with Gasteiger partial charge in [0, 0.05) is 37.2 Å². The first kappa shape index (κ1) is 23.5. The summed E-state index contributed by atoms with van der Waals surface area (Å²) >= 11 is 0. The molecule has 2 heterocycles. The molecule has 34 heavy (non-hydrogen) atoms. The molecule has 9 heteroatoms. The first-order valence-electron chi connectivity index (χ1n) is 11.2. The molecule has 0 amide bonds. The number of aromatic hydroxyl groups is 1. The average molecular weight is 464 g/mol. The van der Waals surface area contributed by atoms with Crippen LogP contribution in [0.1, 0.15) is 24.0 Å². The van der Waals surface area contributed by atoms with Gasteiger partial charge in [0.1, 0.15) is 11.3 Å². The predicted molar refractivity (Wildman–Crippen MR) is 132 cm³/mol. The maximum absolute atomic E-state index is 13.3. The van der Waals surface area contributed by atoms with E-state index in [4.69, 9.17) is 20.6 Å². The van der Waals surface area contributed by atoms with Crippen LogP contribution in [0.3, 0.4) is 0 Å². The van der Waals surface area contributed by atoms with Crippen molar-refractivity contribution >= 4 is 22.6 Å². The van der Waals surface area contributed by atoms with Crippen LogP contribution in [0.2, 0.25) is 0 Å². The van der Waals surface area contributed by atoms with Crippen LogP contribution < -0.4 is 17.1 Å². The highest BCUT2D eigenvalue weighted by Gasteiger charge is 2.35. The molecule has 4 rings (SSSR count). The van der Waals surface area contributed by atoms with E-state index in [1.54, 1.807) is 24.3 Å². The summed E-state index contributed by atoms with van der Waals surface area (Å²) in [6.45, 7) is 5.11. The predicted octanol–water partition coefficient (Wildman–Crippen LogP) is 2.23. The number of nitrogens with zero attached hydrogens (tertiary/aromatic N) is 3. The summed E-state index contributed by atoms with van der Waals surface area (Å²) in [4.78, 5) is 15.5. The number of hydrogen-bond donors (Lipinski definition) is 3. The number of guanidine groups is 1. The first-order chi connectivity index (χ1) is 16.5. The third-order valence-electron chi connectivity index (χ3n) is 6.11. The van der Waals surface area contributed by atoms with Gasteiger partial charge in [0.25, 0.3) is 0 Å². The molecule has 0 aliphatic carbocycles. The van der Waals surface area contributed by atoms with E-state index in [0.717, 1.165) is 18.7 Å². The number of nitrogens with two attached hydrogens (primary N) is 2. The van der Waals surface area contributed by atoms with E-state index < -0.39 is 11.5 Å². The van der Waals surface area contributed by atoms with Gasteiger partial charge in [0.2, 0.25) is 5.96 Å². The minimum absolute atomic E-state index is 0.0951. The molecule has 0 saturated carbocycles. The highest BCUT2D eigenvalue weighted by atomic mass is 16.5. The fraction of sp³-hybridized carbons (Fsp3) is 0.320. The number of benzene rings is 2. The van der Waals surface area contributed by atoms with Gasteiger partial charge in [0.05, 0.1) is 24.2 Å². The molecule has 1 aliphatic heterocycles. The fourth-order valence-electron chi connectivity index (χ4n) is 4.43. The first-order valence-corrected chi connectivity index (χ1v) is 11.2. The second-order valence-corrected chi connectivity index (χ2v) is 8.32. The summed E-state index contributed by atoms with van der Waals surface area (Å²) in [6, 6.07) is 16.5. The topological polar surface area (TPSA) is 140 Å². The van der Waals surface area contributed by atoms with Crippen LogP contribution in [0.4, 0.5) is 0 Å². The molecule has 0 unspecified atom stereocenters. The monoisotopic (exact) mass is 463 g/mol. The van der Waals surface area contributed by atoms with Gasteiger partial charge in [-0.05, 0) is 24.6 Å². The maximum atomic E-state index is 13.3. The van der Waals surface area contributed by atoms with Crippen molar-refractivity contribution in [2.75, 3.05) is 32.8 Å². The highest BCUT2D eigenvalue weighted by Crippen LogP contribution is 2.39. The van der Waals surface area contributed by atoms with Crippen LogP contribution in [0, 0.1) is 5.92 Å². The molecule has 2 atom stereocenters. The third-order valence-corrected chi connectivity index (χ3v) is 6.11. The van der Waals surface area contributed by atoms with Gasteiger partial charge in [-0.25, -0.2) is 4.79 Å². The van der Waals surface area contributed by atoms with Crippen molar-refractivity contribution in [3.63, 3.8) is 0 Å². The molecule has 9 nitrogen and oxygen atoms in total. The summed E-state index contributed by atoms with van der Waals surface area (Å²) < 4.78 is 11.1. The highest BCUT2D eigenvalue weighted by molar-refractivity contribution is 5.89. The Kier molecular flexibility index (Phi) is 7.24. The molecule has 1 aliphatic rings. The molecule has 2 aromatic carbocycles. The lowest BCUT2D eigenvalue weighted by molar-refractivity contribution is 0.0335. The Labute approximate surface area is 197 Å². The van der Waals surface area contributed by atoms with Crippen molar-refractivity contribution in [1.29, 1.82) is 0 Å². The zero-order valence-electron chi connectivity index (χ0n) is 19.1. The summed E-state index contributed by atoms with van der Waals surface area (Å²) in [7, 11) is 0. The van der Waals surface area contributed by atoms with Gasteiger partial charge in [0.15, 0.2) is 0 Å². The number of rotatable bonds is 7. The molecular weight excluding hydrogens is 434 g/mol. The van der Waals surface area contributed by atoms with Gasteiger partial charge in [-0.2, -0.15) is 5.10 Å². The zero-order chi connectivity index (χ0) is 24.1. The lowest BCUT2D eigenvalue weighted by Crippen LogP contribution is -2.43. The molecule has 1 fully saturated rings. The van der Waals surface area contributed by atoms with E-state index in [2.05, 4.69) is 15.1 Å². The molecule has 1 aromatic heterocycles. The smallest absolute Gasteiger partial charge is 0.343 e. The Morgan fingerprint density at radius 2 is 1.74 bits per heavy atom. The quantitative estimate of drug-likeness (QED) is 0.211. The SMILES string of the molecule is C/C(=N/N=C(N)N)[C@@H](CN1CCOCC1)[C@@H](c1ccccc1)c1c(O)c2ccccc2oc1=O. The van der Waals surface area contributed by atoms with Gasteiger partial charge in [-0.1, -0.05) is 42.5 Å². The van der Waals surface area contributed by atoms with Crippen molar-refractivity contribution in [3.05, 3.63) is 76.1 Å². The largest absolute Gasteiger partial charge is 0.507 e. The summed E-state index contributed by atoms with van der Waals surface area (Å²) in [5.74, 6) is -1.14. The Morgan fingerprint density at radius 1 is 1.06 bits per heavy atom. The van der Waals surface area contributed by atoms with Gasteiger partial charge in [-0.3, -0.25) is 4.90 Å². The minimum atomic E-state index is -0.591. The van der Waals surface area contributed by atoms with Gasteiger partial charge in [-0.15, -0.1) is 5.10 Å². The number of fused-ring (bicyclic) bond motifs is 1. The minimum Gasteiger partial charge on any atom is -0.507 e. The standard InChI is InChI=1S/C25H29N5O4/c1-16(28-29-25(26)27)19(15-30-11-13-33-14-12-30)21(17-7-3-2-4-8-17)22-23(31)18-9-5-6-10-20(18)34-24(22)32/h2-10,19,21,31H,11-15H2,1H3,(H4,26,27,29)/b28-16-/t19-,21-/m1/s1. The lowest BCUT2D eigenvalue weighted by atomic mass is 9.78. The van der Waals surface area contributed by atoms with Crippen LogP contribution in [0.25, 0.3) is 11.0 Å². The molecule has 178 valence electrons. The fourth-order valence-corrected chi connectivity index (χ4v) is 4.43. The summed E-state index contributed by atoms with van der Waals surface area (Å²) in [5, 5.41) is 19.9. The zero-order valence-corrected chi connectivity index (χ0v) is 19.1. The van der Waals surface area contributed by atoms with Crippen molar-refractivity contribution in [2.24, 2.45) is 27.6 Å². The molecule has 0 bridgehead atoms. The van der Waals surface area contributed by atoms with E-state index in [9.17, 15) is 9.90 Å². The van der Waals surface area contributed by atoms with Gasteiger partial charge < -0.3 is 25.7 Å². The van der Waals surface area contributed by atoms with Gasteiger partial charge >= 0.3 is 5.63 Å². The van der Waals surface area contributed by atoms with E-state index in [-0.39, 0.29) is 23.2 Å².